The number of benzene rings is 2. The van der Waals surface area contributed by atoms with Crippen LogP contribution >= 0.6 is 0 Å². The Balaban J connectivity index is 1.91. The number of hydrogen-bond donors (Lipinski definition) is 2. The predicted molar refractivity (Wildman–Crippen MR) is 100 cm³/mol. The minimum atomic E-state index is -0.941. The molecule has 0 radical (unpaired) electrons. The highest BCUT2D eigenvalue weighted by Crippen LogP contribution is 2.14. The van der Waals surface area contributed by atoms with Crippen molar-refractivity contribution in [1.29, 1.82) is 0 Å². The standard InChI is InChI=1S/C20H22N2O4/c1-4-15-5-7-16(8-6-15)20(25)26-13(2)19(24)22-18-11-9-17(10-12-18)21-14(3)23/h5-13H,4H2,1-3H3,(H,21,23)(H,22,24)/t13-/m0/s1. The molecule has 1 atom stereocenters. The third kappa shape index (κ3) is 5.44. The van der Waals surface area contributed by atoms with Gasteiger partial charge in [0.15, 0.2) is 6.10 Å². The van der Waals surface area contributed by atoms with Crippen LogP contribution in [0.15, 0.2) is 48.5 Å². The first-order chi connectivity index (χ1) is 12.4. The SMILES string of the molecule is CCc1ccc(C(=O)O[C@@H](C)C(=O)Nc2ccc(NC(C)=O)cc2)cc1. The summed E-state index contributed by atoms with van der Waals surface area (Å²) in [6, 6.07) is 13.7. The second-order valence-electron chi connectivity index (χ2n) is 5.85. The monoisotopic (exact) mass is 354 g/mol. The maximum Gasteiger partial charge on any atom is 0.338 e. The highest BCUT2D eigenvalue weighted by Gasteiger charge is 2.19. The Kier molecular flexibility index (Phi) is 6.49. The number of carbonyl (C=O) groups is 3. The summed E-state index contributed by atoms with van der Waals surface area (Å²) in [5, 5.41) is 5.31. The number of nitrogens with one attached hydrogen (secondary N) is 2. The van der Waals surface area contributed by atoms with Crippen molar-refractivity contribution in [3.05, 3.63) is 59.7 Å². The van der Waals surface area contributed by atoms with Crippen LogP contribution in [0.25, 0.3) is 0 Å². The van der Waals surface area contributed by atoms with Crippen molar-refractivity contribution in [1.82, 2.24) is 0 Å². The van der Waals surface area contributed by atoms with E-state index in [2.05, 4.69) is 10.6 Å². The van der Waals surface area contributed by atoms with Crippen LogP contribution in [0.4, 0.5) is 11.4 Å². The van der Waals surface area contributed by atoms with Crippen LogP contribution in [-0.2, 0) is 20.7 Å². The summed E-state index contributed by atoms with van der Waals surface area (Å²) < 4.78 is 5.21. The molecular weight excluding hydrogens is 332 g/mol. The van der Waals surface area contributed by atoms with Crippen LogP contribution in [-0.4, -0.2) is 23.9 Å². The van der Waals surface area contributed by atoms with Crippen molar-refractivity contribution in [2.45, 2.75) is 33.3 Å². The fourth-order valence-electron chi connectivity index (χ4n) is 2.24. The second kappa shape index (κ2) is 8.80. The number of amides is 2. The highest BCUT2D eigenvalue weighted by atomic mass is 16.5. The summed E-state index contributed by atoms with van der Waals surface area (Å²) in [4.78, 5) is 35.3. The third-order valence-electron chi connectivity index (χ3n) is 3.72. The zero-order chi connectivity index (χ0) is 19.1. The Morgan fingerprint density at radius 1 is 0.923 bits per heavy atom. The Hall–Kier alpha value is -3.15. The fourth-order valence-corrected chi connectivity index (χ4v) is 2.24. The summed E-state index contributed by atoms with van der Waals surface area (Å²) in [5.74, 6) is -1.15. The van der Waals surface area contributed by atoms with E-state index in [-0.39, 0.29) is 5.91 Å². The highest BCUT2D eigenvalue weighted by molar-refractivity contribution is 5.97. The van der Waals surface area contributed by atoms with Crippen molar-refractivity contribution in [2.24, 2.45) is 0 Å². The number of hydrogen-bond acceptors (Lipinski definition) is 4. The lowest BCUT2D eigenvalue weighted by molar-refractivity contribution is -0.123. The molecule has 2 rings (SSSR count). The Morgan fingerprint density at radius 3 is 1.96 bits per heavy atom. The molecule has 0 unspecified atom stereocenters. The number of aryl methyl sites for hydroxylation is 1. The molecule has 0 aliphatic carbocycles. The van der Waals surface area contributed by atoms with Gasteiger partial charge < -0.3 is 15.4 Å². The zero-order valence-electron chi connectivity index (χ0n) is 15.0. The van der Waals surface area contributed by atoms with Crippen LogP contribution in [0.3, 0.4) is 0 Å². The quantitative estimate of drug-likeness (QED) is 0.779. The first-order valence-electron chi connectivity index (χ1n) is 8.37. The lowest BCUT2D eigenvalue weighted by Crippen LogP contribution is -2.30. The molecule has 2 amide bonds. The molecule has 2 aromatic carbocycles. The van der Waals surface area contributed by atoms with Crippen molar-refractivity contribution >= 4 is 29.2 Å². The van der Waals surface area contributed by atoms with Crippen LogP contribution in [0.2, 0.25) is 0 Å². The van der Waals surface area contributed by atoms with Gasteiger partial charge in [-0.25, -0.2) is 4.79 Å². The van der Waals surface area contributed by atoms with Gasteiger partial charge in [-0.05, 0) is 55.3 Å². The van der Waals surface area contributed by atoms with Gasteiger partial charge in [-0.1, -0.05) is 19.1 Å². The maximum absolute atomic E-state index is 12.2. The van der Waals surface area contributed by atoms with Crippen LogP contribution in [0, 0.1) is 0 Å². The number of anilines is 2. The average molecular weight is 354 g/mol. The minimum absolute atomic E-state index is 0.172. The van der Waals surface area contributed by atoms with Gasteiger partial charge in [-0.2, -0.15) is 0 Å². The lowest BCUT2D eigenvalue weighted by Gasteiger charge is -2.14. The Morgan fingerprint density at radius 2 is 1.46 bits per heavy atom. The van der Waals surface area contributed by atoms with Gasteiger partial charge in [-0.3, -0.25) is 9.59 Å². The summed E-state index contributed by atoms with van der Waals surface area (Å²) in [6.07, 6.45) is -0.0575. The smallest absolute Gasteiger partial charge is 0.338 e. The molecule has 2 aromatic rings. The molecule has 0 saturated carbocycles. The van der Waals surface area contributed by atoms with Gasteiger partial charge in [-0.15, -0.1) is 0 Å². The van der Waals surface area contributed by atoms with E-state index in [1.165, 1.54) is 13.8 Å². The number of carbonyl (C=O) groups excluding carboxylic acids is 3. The van der Waals surface area contributed by atoms with E-state index in [4.69, 9.17) is 4.74 Å². The zero-order valence-corrected chi connectivity index (χ0v) is 15.0. The molecule has 0 bridgehead atoms. The first kappa shape index (κ1) is 19.2. The summed E-state index contributed by atoms with van der Waals surface area (Å²) in [6.45, 7) is 4.96. The molecule has 0 saturated heterocycles. The third-order valence-corrected chi connectivity index (χ3v) is 3.72. The average Bonchev–Trinajstić information content (AvgIpc) is 2.62. The van der Waals surface area contributed by atoms with E-state index in [1.54, 1.807) is 36.4 Å². The lowest BCUT2D eigenvalue weighted by atomic mass is 10.1. The fraction of sp³-hybridized carbons (Fsp3) is 0.250. The van der Waals surface area contributed by atoms with Gasteiger partial charge in [0, 0.05) is 18.3 Å². The molecule has 136 valence electrons. The molecular formula is C20H22N2O4. The Labute approximate surface area is 152 Å². The molecule has 0 spiro atoms. The van der Waals surface area contributed by atoms with Gasteiger partial charge in [0.2, 0.25) is 5.91 Å². The van der Waals surface area contributed by atoms with E-state index in [9.17, 15) is 14.4 Å². The molecule has 6 heteroatoms. The molecule has 26 heavy (non-hydrogen) atoms. The van der Waals surface area contributed by atoms with Gasteiger partial charge in [0.25, 0.3) is 5.91 Å². The minimum Gasteiger partial charge on any atom is -0.449 e. The molecule has 0 fully saturated rings. The van der Waals surface area contributed by atoms with Crippen molar-refractivity contribution in [2.75, 3.05) is 10.6 Å². The van der Waals surface area contributed by atoms with Crippen molar-refractivity contribution < 1.29 is 19.1 Å². The second-order valence-corrected chi connectivity index (χ2v) is 5.85. The van der Waals surface area contributed by atoms with Crippen LogP contribution in [0.1, 0.15) is 36.7 Å². The van der Waals surface area contributed by atoms with Crippen LogP contribution < -0.4 is 10.6 Å². The molecule has 0 aromatic heterocycles. The maximum atomic E-state index is 12.2. The van der Waals surface area contributed by atoms with Crippen molar-refractivity contribution in [3.8, 4) is 0 Å². The summed E-state index contributed by atoms with van der Waals surface area (Å²) >= 11 is 0. The molecule has 6 nitrogen and oxygen atoms in total. The van der Waals surface area contributed by atoms with E-state index in [1.807, 2.05) is 19.1 Å². The largest absolute Gasteiger partial charge is 0.449 e. The summed E-state index contributed by atoms with van der Waals surface area (Å²) in [5.41, 5.74) is 2.70. The molecule has 0 aliphatic heterocycles. The van der Waals surface area contributed by atoms with E-state index in [0.29, 0.717) is 16.9 Å². The van der Waals surface area contributed by atoms with Gasteiger partial charge in [0.1, 0.15) is 0 Å². The van der Waals surface area contributed by atoms with E-state index in [0.717, 1.165) is 12.0 Å². The summed E-state index contributed by atoms with van der Waals surface area (Å²) in [7, 11) is 0. The number of esters is 1. The van der Waals surface area contributed by atoms with Crippen molar-refractivity contribution in [3.63, 3.8) is 0 Å². The molecule has 0 heterocycles. The van der Waals surface area contributed by atoms with Crippen LogP contribution in [0.5, 0.6) is 0 Å². The van der Waals surface area contributed by atoms with E-state index >= 15 is 0 Å². The molecule has 2 N–H and O–H groups in total. The van der Waals surface area contributed by atoms with Gasteiger partial charge in [0.05, 0.1) is 5.56 Å². The number of ether oxygens (including phenoxy) is 1. The topological polar surface area (TPSA) is 84.5 Å². The predicted octanol–water partition coefficient (Wildman–Crippen LogP) is 3.39. The van der Waals surface area contributed by atoms with E-state index < -0.39 is 18.0 Å². The number of rotatable bonds is 6. The first-order valence-corrected chi connectivity index (χ1v) is 8.37. The van der Waals surface area contributed by atoms with Gasteiger partial charge >= 0.3 is 5.97 Å². The Bertz CT molecular complexity index is 782. The normalized spacial score (nSPS) is 11.3. The molecule has 0 aliphatic rings.